The van der Waals surface area contributed by atoms with Crippen molar-refractivity contribution in [2.24, 2.45) is 5.41 Å². The Bertz CT molecular complexity index is 551. The van der Waals surface area contributed by atoms with E-state index in [1.54, 1.807) is 32.0 Å². The molecule has 122 valence electrons. The number of aliphatic carboxylic acids is 1. The van der Waals surface area contributed by atoms with E-state index < -0.39 is 11.4 Å². The number of ether oxygens (including phenoxy) is 2. The number of benzene rings is 1. The van der Waals surface area contributed by atoms with Gasteiger partial charge in [0.15, 0.2) is 0 Å². The number of amides is 1. The summed E-state index contributed by atoms with van der Waals surface area (Å²) in [6.45, 7) is 6.84. The number of hydrogen-bond acceptors (Lipinski definition) is 4. The van der Waals surface area contributed by atoms with E-state index in [0.717, 1.165) is 0 Å². The number of hydrogen-bond donors (Lipinski definition) is 2. The largest absolute Gasteiger partial charge is 0.497 e. The summed E-state index contributed by atoms with van der Waals surface area (Å²) < 4.78 is 10.8. The monoisotopic (exact) mass is 309 g/mol. The highest BCUT2D eigenvalue weighted by Gasteiger charge is 2.28. The molecule has 0 radical (unpaired) electrons. The predicted molar refractivity (Wildman–Crippen MR) is 82.5 cm³/mol. The third-order valence-electron chi connectivity index (χ3n) is 3.07. The number of carbonyl (C=O) groups excluding carboxylic acids is 1. The van der Waals surface area contributed by atoms with Gasteiger partial charge in [-0.1, -0.05) is 0 Å². The molecule has 0 saturated heterocycles. The lowest BCUT2D eigenvalue weighted by molar-refractivity contribution is -0.146. The minimum Gasteiger partial charge on any atom is -0.497 e. The van der Waals surface area contributed by atoms with Crippen molar-refractivity contribution >= 4 is 11.9 Å². The summed E-state index contributed by atoms with van der Waals surface area (Å²) in [4.78, 5) is 23.4. The first-order valence-corrected chi connectivity index (χ1v) is 7.03. The van der Waals surface area contributed by atoms with Gasteiger partial charge in [-0.25, -0.2) is 0 Å². The smallest absolute Gasteiger partial charge is 0.310 e. The molecular formula is C16H23NO5. The van der Waals surface area contributed by atoms with Crippen LogP contribution in [0.1, 0.15) is 38.1 Å². The van der Waals surface area contributed by atoms with E-state index in [1.807, 2.05) is 13.8 Å². The normalized spacial score (nSPS) is 11.2. The van der Waals surface area contributed by atoms with Crippen LogP contribution >= 0.6 is 0 Å². The molecule has 0 spiro atoms. The van der Waals surface area contributed by atoms with Gasteiger partial charge in [-0.15, -0.1) is 0 Å². The van der Waals surface area contributed by atoms with Crippen molar-refractivity contribution in [1.82, 2.24) is 5.32 Å². The second kappa shape index (κ2) is 7.15. The summed E-state index contributed by atoms with van der Waals surface area (Å²) in [5.41, 5.74) is -0.697. The second-order valence-corrected chi connectivity index (χ2v) is 5.90. The summed E-state index contributed by atoms with van der Waals surface area (Å²) in [6.07, 6.45) is -0.103. The van der Waals surface area contributed by atoms with Gasteiger partial charge in [0.1, 0.15) is 11.5 Å². The number of carboxylic acids is 1. The van der Waals surface area contributed by atoms with Gasteiger partial charge in [0.2, 0.25) is 0 Å². The molecule has 1 aromatic rings. The summed E-state index contributed by atoms with van der Waals surface area (Å²) in [7, 11) is 1.53. The van der Waals surface area contributed by atoms with Gasteiger partial charge < -0.3 is 19.9 Å². The van der Waals surface area contributed by atoms with Gasteiger partial charge in [0, 0.05) is 12.6 Å². The predicted octanol–water partition coefficient (Wildman–Crippen LogP) is 2.32. The van der Waals surface area contributed by atoms with E-state index in [9.17, 15) is 9.59 Å². The molecule has 2 N–H and O–H groups in total. The fourth-order valence-electron chi connectivity index (χ4n) is 1.64. The average Bonchev–Trinajstić information content (AvgIpc) is 2.43. The topological polar surface area (TPSA) is 84.9 Å². The summed E-state index contributed by atoms with van der Waals surface area (Å²) in [5.74, 6) is -0.369. The van der Waals surface area contributed by atoms with Crippen LogP contribution < -0.4 is 14.8 Å². The standard InChI is InChI=1S/C16H23NO5/c1-10(2)22-13-8-11(21-5)6-7-12(13)14(18)17-9-16(3,4)15(19)20/h6-8,10H,9H2,1-5H3,(H,17,18)(H,19,20). The van der Waals surface area contributed by atoms with Crippen molar-refractivity contribution in [3.05, 3.63) is 23.8 Å². The molecule has 1 aromatic carbocycles. The van der Waals surface area contributed by atoms with Crippen LogP contribution in [-0.2, 0) is 4.79 Å². The number of carboxylic acid groups (broad SMARTS) is 1. The maximum Gasteiger partial charge on any atom is 0.310 e. The highest BCUT2D eigenvalue weighted by molar-refractivity contribution is 5.97. The zero-order chi connectivity index (χ0) is 16.9. The van der Waals surface area contributed by atoms with Crippen LogP contribution in [0.25, 0.3) is 0 Å². The van der Waals surface area contributed by atoms with E-state index in [-0.39, 0.29) is 18.6 Å². The Morgan fingerprint density at radius 3 is 2.45 bits per heavy atom. The Balaban J connectivity index is 2.94. The molecule has 6 nitrogen and oxygen atoms in total. The van der Waals surface area contributed by atoms with Crippen LogP contribution in [0.3, 0.4) is 0 Å². The number of nitrogens with one attached hydrogen (secondary N) is 1. The molecule has 0 atom stereocenters. The SMILES string of the molecule is COc1ccc(C(=O)NCC(C)(C)C(=O)O)c(OC(C)C)c1. The summed E-state index contributed by atoms with van der Waals surface area (Å²) in [5, 5.41) is 11.7. The van der Waals surface area contributed by atoms with Gasteiger partial charge in [-0.05, 0) is 39.8 Å². The van der Waals surface area contributed by atoms with Crippen LogP contribution in [0.5, 0.6) is 11.5 Å². The third kappa shape index (κ3) is 4.65. The van der Waals surface area contributed by atoms with Gasteiger partial charge >= 0.3 is 5.97 Å². The first-order valence-electron chi connectivity index (χ1n) is 7.03. The quantitative estimate of drug-likeness (QED) is 0.807. The van der Waals surface area contributed by atoms with Crippen molar-refractivity contribution < 1.29 is 24.2 Å². The van der Waals surface area contributed by atoms with Gasteiger partial charge in [-0.3, -0.25) is 9.59 Å². The molecule has 0 unspecified atom stereocenters. The molecule has 0 aromatic heterocycles. The third-order valence-corrected chi connectivity index (χ3v) is 3.07. The fourth-order valence-corrected chi connectivity index (χ4v) is 1.64. The molecule has 0 aliphatic heterocycles. The minimum atomic E-state index is -1.04. The zero-order valence-electron chi connectivity index (χ0n) is 13.6. The molecule has 0 aliphatic carbocycles. The average molecular weight is 309 g/mol. The first-order chi connectivity index (χ1) is 10.2. The summed E-state index contributed by atoms with van der Waals surface area (Å²) in [6, 6.07) is 4.89. The lowest BCUT2D eigenvalue weighted by atomic mass is 9.94. The van der Waals surface area contributed by atoms with Crippen molar-refractivity contribution in [3.8, 4) is 11.5 Å². The first kappa shape index (κ1) is 17.8. The van der Waals surface area contributed by atoms with Gasteiger partial charge in [-0.2, -0.15) is 0 Å². The highest BCUT2D eigenvalue weighted by atomic mass is 16.5. The minimum absolute atomic E-state index is 0.0221. The Morgan fingerprint density at radius 2 is 1.95 bits per heavy atom. The summed E-state index contributed by atoms with van der Waals surface area (Å²) >= 11 is 0. The Morgan fingerprint density at radius 1 is 1.32 bits per heavy atom. The molecule has 22 heavy (non-hydrogen) atoms. The maximum atomic E-state index is 12.3. The van der Waals surface area contributed by atoms with Crippen molar-refractivity contribution in [3.63, 3.8) is 0 Å². The lowest BCUT2D eigenvalue weighted by Gasteiger charge is -2.20. The van der Waals surface area contributed by atoms with E-state index in [4.69, 9.17) is 14.6 Å². The van der Waals surface area contributed by atoms with Crippen LogP contribution in [-0.4, -0.2) is 36.7 Å². The zero-order valence-corrected chi connectivity index (χ0v) is 13.6. The Hall–Kier alpha value is -2.24. The molecule has 0 saturated carbocycles. The molecule has 0 fully saturated rings. The molecule has 1 rings (SSSR count). The van der Waals surface area contributed by atoms with Crippen LogP contribution in [0.2, 0.25) is 0 Å². The molecular weight excluding hydrogens is 286 g/mol. The lowest BCUT2D eigenvalue weighted by Crippen LogP contribution is -2.39. The molecule has 0 aliphatic rings. The van der Waals surface area contributed by atoms with Crippen LogP contribution in [0.15, 0.2) is 18.2 Å². The number of methoxy groups -OCH3 is 1. The van der Waals surface area contributed by atoms with E-state index in [0.29, 0.717) is 17.1 Å². The molecule has 0 heterocycles. The van der Waals surface area contributed by atoms with Crippen LogP contribution in [0.4, 0.5) is 0 Å². The maximum absolute atomic E-state index is 12.3. The Labute approximate surface area is 130 Å². The van der Waals surface area contributed by atoms with E-state index >= 15 is 0 Å². The molecule has 6 heteroatoms. The van der Waals surface area contributed by atoms with Crippen molar-refractivity contribution in [1.29, 1.82) is 0 Å². The van der Waals surface area contributed by atoms with Crippen molar-refractivity contribution in [2.75, 3.05) is 13.7 Å². The molecule has 0 bridgehead atoms. The van der Waals surface area contributed by atoms with E-state index in [2.05, 4.69) is 5.32 Å². The highest BCUT2D eigenvalue weighted by Crippen LogP contribution is 2.26. The Kier molecular flexibility index (Phi) is 5.79. The van der Waals surface area contributed by atoms with Gasteiger partial charge in [0.05, 0.1) is 24.2 Å². The van der Waals surface area contributed by atoms with Crippen LogP contribution in [0, 0.1) is 5.41 Å². The second-order valence-electron chi connectivity index (χ2n) is 5.90. The fraction of sp³-hybridized carbons (Fsp3) is 0.500. The molecule has 1 amide bonds. The van der Waals surface area contributed by atoms with Gasteiger partial charge in [0.25, 0.3) is 5.91 Å². The van der Waals surface area contributed by atoms with E-state index in [1.165, 1.54) is 7.11 Å². The number of rotatable bonds is 7. The van der Waals surface area contributed by atoms with Crippen molar-refractivity contribution in [2.45, 2.75) is 33.8 Å². The number of carbonyl (C=O) groups is 2.